The van der Waals surface area contributed by atoms with Crippen LogP contribution in [0.25, 0.3) is 10.8 Å². The summed E-state index contributed by atoms with van der Waals surface area (Å²) in [6.45, 7) is 10.4. The highest BCUT2D eigenvalue weighted by Gasteiger charge is 2.31. The Kier molecular flexibility index (Phi) is 5.41. The number of nitrogens with zero attached hydrogens (tertiary/aromatic N) is 5. The van der Waals surface area contributed by atoms with Crippen LogP contribution in [0.3, 0.4) is 0 Å². The van der Waals surface area contributed by atoms with Gasteiger partial charge in [-0.05, 0) is 17.4 Å². The predicted octanol–water partition coefficient (Wildman–Crippen LogP) is 4.41. The number of thiophene rings is 1. The molecule has 0 saturated carbocycles. The smallest absolute Gasteiger partial charge is 0.257 e. The van der Waals surface area contributed by atoms with Crippen molar-refractivity contribution in [1.29, 1.82) is 0 Å². The van der Waals surface area contributed by atoms with Crippen LogP contribution in [0.2, 0.25) is 0 Å². The molecule has 148 valence electrons. The first kappa shape index (κ1) is 19.0. The summed E-state index contributed by atoms with van der Waals surface area (Å²) in [6.07, 6.45) is 0. The number of ether oxygens (including phenoxy) is 1. The Morgan fingerprint density at radius 1 is 1.14 bits per heavy atom. The van der Waals surface area contributed by atoms with E-state index in [-0.39, 0.29) is 12.0 Å². The van der Waals surface area contributed by atoms with Gasteiger partial charge in [-0.1, -0.05) is 33.8 Å². The molecule has 0 spiro atoms. The van der Waals surface area contributed by atoms with Crippen molar-refractivity contribution in [2.24, 2.45) is 0 Å². The summed E-state index contributed by atoms with van der Waals surface area (Å²) in [6, 6.07) is 5.86. The first-order valence-electron chi connectivity index (χ1n) is 9.63. The SMILES string of the molecule is CC(C)c1cc(N2CCOCC2c2nnc(-c3cccs3)o2)nc(C(C)C)n1. The molecule has 0 aromatic carbocycles. The summed E-state index contributed by atoms with van der Waals surface area (Å²) in [5, 5.41) is 10.5. The van der Waals surface area contributed by atoms with Crippen LogP contribution >= 0.6 is 11.3 Å². The van der Waals surface area contributed by atoms with Crippen molar-refractivity contribution in [1.82, 2.24) is 20.2 Å². The van der Waals surface area contributed by atoms with E-state index in [1.165, 1.54) is 0 Å². The van der Waals surface area contributed by atoms with Gasteiger partial charge in [-0.25, -0.2) is 9.97 Å². The van der Waals surface area contributed by atoms with Crippen LogP contribution in [0.4, 0.5) is 5.82 Å². The second-order valence-corrected chi connectivity index (χ2v) is 8.47. The quantitative estimate of drug-likeness (QED) is 0.629. The average molecular weight is 400 g/mol. The van der Waals surface area contributed by atoms with E-state index in [4.69, 9.17) is 19.1 Å². The molecule has 0 bridgehead atoms. The highest BCUT2D eigenvalue weighted by atomic mass is 32.1. The van der Waals surface area contributed by atoms with Gasteiger partial charge in [-0.15, -0.1) is 21.5 Å². The monoisotopic (exact) mass is 399 g/mol. The molecule has 1 aliphatic heterocycles. The number of anilines is 1. The lowest BCUT2D eigenvalue weighted by Gasteiger charge is -2.34. The maximum absolute atomic E-state index is 6.00. The number of rotatable bonds is 5. The van der Waals surface area contributed by atoms with E-state index in [0.29, 0.717) is 37.5 Å². The number of hydrogen-bond donors (Lipinski definition) is 0. The van der Waals surface area contributed by atoms with Crippen LogP contribution in [-0.2, 0) is 4.74 Å². The van der Waals surface area contributed by atoms with E-state index >= 15 is 0 Å². The third-order valence-electron chi connectivity index (χ3n) is 4.74. The Balaban J connectivity index is 1.70. The van der Waals surface area contributed by atoms with Gasteiger partial charge in [0.15, 0.2) is 0 Å². The van der Waals surface area contributed by atoms with Crippen molar-refractivity contribution in [3.8, 4) is 10.8 Å². The van der Waals surface area contributed by atoms with E-state index in [9.17, 15) is 0 Å². The molecule has 0 aliphatic carbocycles. The Hall–Kier alpha value is -2.32. The zero-order chi connectivity index (χ0) is 19.7. The predicted molar refractivity (Wildman–Crippen MR) is 109 cm³/mol. The molecule has 3 aromatic rings. The van der Waals surface area contributed by atoms with Crippen molar-refractivity contribution in [2.75, 3.05) is 24.7 Å². The largest absolute Gasteiger partial charge is 0.418 e. The standard InChI is InChI=1S/C20H25N5O2S/c1-12(2)14-10-17(22-18(21-14)13(3)4)25-7-8-26-11-15(25)19-23-24-20(27-19)16-6-5-9-28-16/h5-6,9-10,12-13,15H,7-8,11H2,1-4H3. The molecule has 1 unspecified atom stereocenters. The third kappa shape index (κ3) is 3.79. The molecule has 1 atom stereocenters. The van der Waals surface area contributed by atoms with Gasteiger partial charge >= 0.3 is 0 Å². The number of hydrogen-bond acceptors (Lipinski definition) is 8. The molecule has 0 amide bonds. The molecule has 4 heterocycles. The fourth-order valence-electron chi connectivity index (χ4n) is 3.12. The van der Waals surface area contributed by atoms with Crippen molar-refractivity contribution in [3.63, 3.8) is 0 Å². The summed E-state index contributed by atoms with van der Waals surface area (Å²) >= 11 is 1.58. The molecule has 0 N–H and O–H groups in total. The summed E-state index contributed by atoms with van der Waals surface area (Å²) < 4.78 is 11.7. The number of morpholine rings is 1. The van der Waals surface area contributed by atoms with Gasteiger partial charge in [0.2, 0.25) is 5.89 Å². The minimum atomic E-state index is -0.162. The highest BCUT2D eigenvalue weighted by molar-refractivity contribution is 7.13. The molecule has 1 saturated heterocycles. The Morgan fingerprint density at radius 2 is 2.00 bits per heavy atom. The van der Waals surface area contributed by atoms with Gasteiger partial charge in [-0.3, -0.25) is 0 Å². The first-order valence-corrected chi connectivity index (χ1v) is 10.5. The zero-order valence-electron chi connectivity index (χ0n) is 16.6. The van der Waals surface area contributed by atoms with Crippen LogP contribution < -0.4 is 4.90 Å². The molecule has 0 radical (unpaired) electrons. The van der Waals surface area contributed by atoms with Gasteiger partial charge in [0.1, 0.15) is 17.7 Å². The molecule has 3 aromatic heterocycles. The lowest BCUT2D eigenvalue weighted by atomic mass is 10.1. The average Bonchev–Trinajstić information content (AvgIpc) is 3.39. The third-order valence-corrected chi connectivity index (χ3v) is 5.60. The van der Waals surface area contributed by atoms with Crippen LogP contribution in [0.5, 0.6) is 0 Å². The maximum Gasteiger partial charge on any atom is 0.257 e. The van der Waals surface area contributed by atoms with Gasteiger partial charge in [0, 0.05) is 24.2 Å². The second kappa shape index (κ2) is 7.97. The Bertz CT molecular complexity index is 896. The molecular formula is C20H25N5O2S. The second-order valence-electron chi connectivity index (χ2n) is 7.53. The van der Waals surface area contributed by atoms with Crippen LogP contribution in [0.1, 0.15) is 63.0 Å². The van der Waals surface area contributed by atoms with Crippen molar-refractivity contribution >= 4 is 17.2 Å². The summed E-state index contributed by atoms with van der Waals surface area (Å²) in [7, 11) is 0. The van der Waals surface area contributed by atoms with Crippen molar-refractivity contribution in [3.05, 3.63) is 41.0 Å². The summed E-state index contributed by atoms with van der Waals surface area (Å²) in [4.78, 5) is 12.8. The fourth-order valence-corrected chi connectivity index (χ4v) is 3.77. The van der Waals surface area contributed by atoms with Gasteiger partial charge < -0.3 is 14.1 Å². The van der Waals surface area contributed by atoms with Gasteiger partial charge in [0.05, 0.1) is 18.1 Å². The minimum absolute atomic E-state index is 0.162. The van der Waals surface area contributed by atoms with Crippen LogP contribution in [-0.4, -0.2) is 39.9 Å². The summed E-state index contributed by atoms with van der Waals surface area (Å²) in [5.41, 5.74) is 1.05. The Morgan fingerprint density at radius 3 is 2.71 bits per heavy atom. The van der Waals surface area contributed by atoms with Crippen molar-refractivity contribution < 1.29 is 9.15 Å². The zero-order valence-corrected chi connectivity index (χ0v) is 17.4. The lowest BCUT2D eigenvalue weighted by molar-refractivity contribution is 0.0857. The minimum Gasteiger partial charge on any atom is -0.418 e. The molecule has 1 fully saturated rings. The lowest BCUT2D eigenvalue weighted by Crippen LogP contribution is -2.40. The molecule has 8 heteroatoms. The van der Waals surface area contributed by atoms with Gasteiger partial charge in [0.25, 0.3) is 5.89 Å². The summed E-state index contributed by atoms with van der Waals surface area (Å²) in [5.74, 6) is 3.43. The Labute approximate surface area is 168 Å². The first-order chi connectivity index (χ1) is 13.5. The topological polar surface area (TPSA) is 77.2 Å². The van der Waals surface area contributed by atoms with E-state index in [1.807, 2.05) is 17.5 Å². The maximum atomic E-state index is 6.00. The van der Waals surface area contributed by atoms with Gasteiger partial charge in [-0.2, -0.15) is 0 Å². The van der Waals surface area contributed by atoms with E-state index < -0.39 is 0 Å². The van der Waals surface area contributed by atoms with Crippen molar-refractivity contribution in [2.45, 2.75) is 45.6 Å². The molecule has 1 aliphatic rings. The van der Waals surface area contributed by atoms with E-state index in [1.54, 1.807) is 11.3 Å². The van der Waals surface area contributed by atoms with Crippen LogP contribution in [0.15, 0.2) is 28.0 Å². The molecule has 28 heavy (non-hydrogen) atoms. The molecule has 7 nitrogen and oxygen atoms in total. The van der Waals surface area contributed by atoms with Crippen LogP contribution in [0, 0.1) is 0 Å². The fraction of sp³-hybridized carbons (Fsp3) is 0.500. The highest BCUT2D eigenvalue weighted by Crippen LogP contribution is 2.32. The molecule has 4 rings (SSSR count). The normalized spacial score (nSPS) is 17.6. The number of aromatic nitrogens is 4. The van der Waals surface area contributed by atoms with E-state index in [2.05, 4.69) is 48.9 Å². The van der Waals surface area contributed by atoms with E-state index in [0.717, 1.165) is 22.2 Å². The molecular weight excluding hydrogens is 374 g/mol.